The van der Waals surface area contributed by atoms with Gasteiger partial charge in [-0.3, -0.25) is 19.4 Å². The van der Waals surface area contributed by atoms with Gasteiger partial charge < -0.3 is 14.1 Å². The van der Waals surface area contributed by atoms with E-state index in [4.69, 9.17) is 16.6 Å². The lowest BCUT2D eigenvalue weighted by Crippen LogP contribution is -2.38. The third kappa shape index (κ3) is 25.8. The van der Waals surface area contributed by atoms with Crippen LogP contribution in [0.5, 0.6) is 0 Å². The number of carbonyl (C=O) groups is 2. The molecule has 0 bridgehead atoms. The molecule has 0 aromatic heterocycles. The minimum absolute atomic E-state index is 0.0299. The second-order valence-electron chi connectivity index (χ2n) is 13.6. The molecule has 266 valence electrons. The molecule has 1 aliphatic rings. The van der Waals surface area contributed by atoms with E-state index in [0.717, 1.165) is 64.7 Å². The van der Waals surface area contributed by atoms with Crippen LogP contribution in [0.4, 0.5) is 0 Å². The largest absolute Gasteiger partial charge is 0.465 e. The van der Waals surface area contributed by atoms with Gasteiger partial charge in [-0.05, 0) is 70.4 Å². The first-order chi connectivity index (χ1) is 22.0. The van der Waals surface area contributed by atoms with E-state index in [1.165, 1.54) is 103 Å². The van der Waals surface area contributed by atoms with Crippen molar-refractivity contribution >= 4 is 23.8 Å². The van der Waals surface area contributed by atoms with Gasteiger partial charge in [-0.2, -0.15) is 0 Å². The fraction of sp³-hybridized carbons (Fsp3) is 0.946. The summed E-state index contributed by atoms with van der Waals surface area (Å²) in [5.74, 6) is 0.138. The van der Waals surface area contributed by atoms with Crippen LogP contribution in [0.15, 0.2) is 0 Å². The van der Waals surface area contributed by atoms with Gasteiger partial charge in [0.2, 0.25) is 0 Å². The van der Waals surface area contributed by atoms with Crippen LogP contribution in [0.2, 0.25) is 0 Å². The monoisotopic (exact) mass is 659 g/mol. The predicted octanol–water partition coefficient (Wildman–Crippen LogP) is 9.22. The van der Waals surface area contributed by atoms with Gasteiger partial charge >= 0.3 is 11.9 Å². The molecule has 0 aromatic rings. The predicted molar refractivity (Wildman–Crippen MR) is 187 cm³/mol. The highest BCUT2D eigenvalue weighted by atomic mass is 35.5. The second kappa shape index (κ2) is 30.4. The zero-order valence-corrected chi connectivity index (χ0v) is 30.2. The van der Waals surface area contributed by atoms with E-state index in [1.807, 2.05) is 0 Å². The lowest BCUT2D eigenvalue weighted by molar-refractivity contribution is -0.145. The number of rotatable bonds is 34. The number of unbranched alkanes of at least 4 members (excludes halogenated alkanes) is 14. The molecule has 0 amide bonds. The number of hydrogen-bond acceptors (Lipinski definition) is 7. The highest BCUT2D eigenvalue weighted by molar-refractivity contribution is 6.13. The van der Waals surface area contributed by atoms with Crippen molar-refractivity contribution in [2.45, 2.75) is 174 Å². The van der Waals surface area contributed by atoms with Crippen molar-refractivity contribution in [1.29, 1.82) is 0 Å². The molecule has 1 saturated carbocycles. The van der Waals surface area contributed by atoms with Gasteiger partial charge in [0.1, 0.15) is 11.9 Å². The van der Waals surface area contributed by atoms with Gasteiger partial charge in [-0.15, -0.1) is 0 Å². The number of aliphatic hydroxyl groups is 1. The van der Waals surface area contributed by atoms with Crippen molar-refractivity contribution in [3.8, 4) is 0 Å². The fourth-order valence-corrected chi connectivity index (χ4v) is 6.34. The summed E-state index contributed by atoms with van der Waals surface area (Å²) in [6.45, 7) is 9.97. The standard InChI is InChI=1S/C37H71ClN2O5/c1-3-5-7-9-11-15-21-34(22-16-12-10-8-6-4-2)33-44-36(42)23-17-13-19-27-39(31-32-41)29-30-40(35-25-26-35)28-20-14-18-24-37(43)45-38/h34-35,41H,3-33H2,1-2H3. The number of carbonyl (C=O) groups excluding carboxylic acids is 2. The number of hydrogen-bond donors (Lipinski definition) is 1. The van der Waals surface area contributed by atoms with Crippen molar-refractivity contribution in [2.24, 2.45) is 5.92 Å². The highest BCUT2D eigenvalue weighted by Gasteiger charge is 2.28. The highest BCUT2D eigenvalue weighted by Crippen LogP contribution is 2.27. The Hall–Kier alpha value is -0.890. The van der Waals surface area contributed by atoms with Crippen molar-refractivity contribution in [3.63, 3.8) is 0 Å². The summed E-state index contributed by atoms with van der Waals surface area (Å²) < 4.78 is 10.0. The molecule has 0 aliphatic heterocycles. The van der Waals surface area contributed by atoms with Crippen LogP contribution >= 0.6 is 11.9 Å². The van der Waals surface area contributed by atoms with E-state index in [0.29, 0.717) is 38.0 Å². The molecule has 0 spiro atoms. The van der Waals surface area contributed by atoms with E-state index < -0.39 is 0 Å². The van der Waals surface area contributed by atoms with Crippen LogP contribution in [0.25, 0.3) is 0 Å². The molecule has 0 saturated heterocycles. The summed E-state index contributed by atoms with van der Waals surface area (Å²) in [5, 5.41) is 9.61. The van der Waals surface area contributed by atoms with Gasteiger partial charge in [0, 0.05) is 38.5 Å². The average Bonchev–Trinajstić information content (AvgIpc) is 3.89. The second-order valence-corrected chi connectivity index (χ2v) is 13.7. The molecule has 0 radical (unpaired) electrons. The number of nitrogens with zero attached hydrogens (tertiary/aromatic N) is 2. The number of halogens is 1. The molecule has 1 aliphatic carbocycles. The minimum atomic E-state index is -0.349. The Labute approximate surface area is 282 Å². The smallest absolute Gasteiger partial charge is 0.324 e. The van der Waals surface area contributed by atoms with Crippen LogP contribution in [-0.4, -0.2) is 78.8 Å². The SMILES string of the molecule is CCCCCCCCC(CCCCCCCC)COC(=O)CCCCCN(CCO)CCN(CCCCCC(=O)OCl)C1CC1. The molecule has 1 rings (SSSR count). The maximum Gasteiger partial charge on any atom is 0.324 e. The van der Waals surface area contributed by atoms with Crippen molar-refractivity contribution in [2.75, 3.05) is 45.9 Å². The molecule has 0 heterocycles. The quantitative estimate of drug-likeness (QED) is 0.0545. The third-order valence-electron chi connectivity index (χ3n) is 9.36. The van der Waals surface area contributed by atoms with E-state index in [1.54, 1.807) is 0 Å². The third-order valence-corrected chi connectivity index (χ3v) is 9.53. The van der Waals surface area contributed by atoms with Gasteiger partial charge in [-0.1, -0.05) is 104 Å². The van der Waals surface area contributed by atoms with Crippen LogP contribution in [0.1, 0.15) is 168 Å². The molecular formula is C37H71ClN2O5. The number of ether oxygens (including phenoxy) is 1. The number of aliphatic hydroxyl groups excluding tert-OH is 1. The summed E-state index contributed by atoms with van der Waals surface area (Å²) in [5.41, 5.74) is 0. The van der Waals surface area contributed by atoms with Gasteiger partial charge in [0.25, 0.3) is 0 Å². The van der Waals surface area contributed by atoms with Gasteiger partial charge in [0.15, 0.2) is 0 Å². The molecule has 0 unspecified atom stereocenters. The summed E-state index contributed by atoms with van der Waals surface area (Å²) in [6, 6.07) is 0.691. The van der Waals surface area contributed by atoms with E-state index >= 15 is 0 Å². The summed E-state index contributed by atoms with van der Waals surface area (Å²) in [4.78, 5) is 28.7. The van der Waals surface area contributed by atoms with E-state index in [2.05, 4.69) is 27.9 Å². The van der Waals surface area contributed by atoms with Gasteiger partial charge in [0.05, 0.1) is 13.2 Å². The summed E-state index contributed by atoms with van der Waals surface area (Å²) >= 11 is 5.11. The lowest BCUT2D eigenvalue weighted by atomic mass is 9.94. The molecule has 45 heavy (non-hydrogen) atoms. The zero-order valence-electron chi connectivity index (χ0n) is 29.4. The molecule has 1 fully saturated rings. The Morgan fingerprint density at radius 1 is 0.667 bits per heavy atom. The fourth-order valence-electron chi connectivity index (χ4n) is 6.27. The zero-order chi connectivity index (χ0) is 32.8. The first-order valence-corrected chi connectivity index (χ1v) is 19.4. The normalized spacial score (nSPS) is 13.3. The Morgan fingerprint density at radius 3 is 1.76 bits per heavy atom. The topological polar surface area (TPSA) is 79.3 Å². The Balaban J connectivity index is 2.26. The molecule has 8 heteroatoms. The molecule has 1 N–H and O–H groups in total. The molecular weight excluding hydrogens is 588 g/mol. The Kier molecular flexibility index (Phi) is 28.5. The summed E-state index contributed by atoms with van der Waals surface area (Å²) in [7, 11) is 0. The molecule has 7 nitrogen and oxygen atoms in total. The van der Waals surface area contributed by atoms with E-state index in [9.17, 15) is 14.7 Å². The van der Waals surface area contributed by atoms with Crippen LogP contribution in [0, 0.1) is 5.92 Å². The average molecular weight is 659 g/mol. The minimum Gasteiger partial charge on any atom is -0.465 e. The summed E-state index contributed by atoms with van der Waals surface area (Å²) in [6.07, 6.45) is 27.4. The Morgan fingerprint density at radius 2 is 1.20 bits per heavy atom. The molecule has 0 atom stereocenters. The molecule has 0 aromatic carbocycles. The lowest BCUT2D eigenvalue weighted by Gasteiger charge is -2.27. The van der Waals surface area contributed by atoms with Crippen molar-refractivity contribution in [3.05, 3.63) is 0 Å². The van der Waals surface area contributed by atoms with Crippen molar-refractivity contribution < 1.29 is 23.7 Å². The Bertz CT molecular complexity index is 678. The van der Waals surface area contributed by atoms with Crippen molar-refractivity contribution in [1.82, 2.24) is 9.80 Å². The first-order valence-electron chi connectivity index (χ1n) is 19.1. The van der Waals surface area contributed by atoms with Gasteiger partial charge in [-0.25, -0.2) is 0 Å². The maximum absolute atomic E-state index is 12.6. The van der Waals surface area contributed by atoms with E-state index in [-0.39, 0.29) is 18.5 Å². The van der Waals surface area contributed by atoms with Crippen LogP contribution in [-0.2, 0) is 18.6 Å². The maximum atomic E-state index is 12.6. The first kappa shape index (κ1) is 42.1. The number of esters is 1. The van der Waals surface area contributed by atoms with Crippen LogP contribution < -0.4 is 0 Å². The van der Waals surface area contributed by atoms with Crippen LogP contribution in [0.3, 0.4) is 0 Å².